The first kappa shape index (κ1) is 15.2. The number of rotatable bonds is 4. The smallest absolute Gasteiger partial charge is 0.125 e. The average Bonchev–Trinajstić information content (AvgIpc) is 3.11. The van der Waals surface area contributed by atoms with Crippen molar-refractivity contribution in [1.29, 1.82) is 0 Å². The summed E-state index contributed by atoms with van der Waals surface area (Å²) in [6, 6.07) is 16.2. The molecule has 0 fully saturated rings. The van der Waals surface area contributed by atoms with E-state index >= 15 is 0 Å². The molecule has 0 radical (unpaired) electrons. The Hall–Kier alpha value is -3.34. The van der Waals surface area contributed by atoms with E-state index in [4.69, 9.17) is 5.10 Å². The topological polar surface area (TPSA) is 56.5 Å². The zero-order chi connectivity index (χ0) is 17.1. The second-order valence-corrected chi connectivity index (χ2v) is 5.82. The first-order valence-corrected chi connectivity index (χ1v) is 8.11. The molecular weight excluding hydrogens is 310 g/mol. The van der Waals surface area contributed by atoms with Crippen molar-refractivity contribution in [2.75, 3.05) is 0 Å². The van der Waals surface area contributed by atoms with Crippen LogP contribution in [0.2, 0.25) is 0 Å². The van der Waals surface area contributed by atoms with Gasteiger partial charge in [-0.1, -0.05) is 18.2 Å². The molecule has 0 aliphatic carbocycles. The predicted molar refractivity (Wildman–Crippen MR) is 96.8 cm³/mol. The van der Waals surface area contributed by atoms with Gasteiger partial charge in [-0.25, -0.2) is 9.97 Å². The van der Waals surface area contributed by atoms with E-state index in [2.05, 4.69) is 33.2 Å². The molecular formula is C20H17N5. The fraction of sp³-hybridized carbons (Fsp3) is 0.100. The molecule has 4 aromatic rings. The summed E-state index contributed by atoms with van der Waals surface area (Å²) in [5, 5.41) is 4.69. The normalized spacial score (nSPS) is 10.8. The lowest BCUT2D eigenvalue weighted by atomic mass is 10.1. The number of hydrogen-bond acceptors (Lipinski definition) is 4. The SMILES string of the molecule is Cc1nccc(-c2cccc(-c3ccn(Cc4ccncc4)n3)c2)n1. The van der Waals surface area contributed by atoms with Gasteiger partial charge in [-0.15, -0.1) is 0 Å². The van der Waals surface area contributed by atoms with Gasteiger partial charge in [-0.3, -0.25) is 9.67 Å². The Bertz CT molecular complexity index is 992. The number of benzene rings is 1. The summed E-state index contributed by atoms with van der Waals surface area (Å²) in [7, 11) is 0. The minimum atomic E-state index is 0.729. The van der Waals surface area contributed by atoms with Crippen molar-refractivity contribution in [3.05, 3.63) is 84.7 Å². The summed E-state index contributed by atoms with van der Waals surface area (Å²) in [5.41, 5.74) is 5.18. The van der Waals surface area contributed by atoms with Crippen LogP contribution in [0.15, 0.2) is 73.3 Å². The van der Waals surface area contributed by atoms with Crippen LogP contribution in [0.3, 0.4) is 0 Å². The summed E-state index contributed by atoms with van der Waals surface area (Å²) < 4.78 is 1.94. The molecule has 3 aromatic heterocycles. The molecule has 0 N–H and O–H groups in total. The molecule has 0 bridgehead atoms. The molecule has 4 rings (SSSR count). The van der Waals surface area contributed by atoms with Gasteiger partial charge in [0.05, 0.1) is 17.9 Å². The van der Waals surface area contributed by atoms with Crippen molar-refractivity contribution >= 4 is 0 Å². The monoisotopic (exact) mass is 327 g/mol. The van der Waals surface area contributed by atoms with Crippen LogP contribution in [0.5, 0.6) is 0 Å². The quantitative estimate of drug-likeness (QED) is 0.573. The van der Waals surface area contributed by atoms with Crippen LogP contribution in [-0.2, 0) is 6.54 Å². The van der Waals surface area contributed by atoms with Gasteiger partial charge in [0.15, 0.2) is 0 Å². The van der Waals surface area contributed by atoms with E-state index < -0.39 is 0 Å². The highest BCUT2D eigenvalue weighted by molar-refractivity contribution is 5.69. The summed E-state index contributed by atoms with van der Waals surface area (Å²) in [5.74, 6) is 0.768. The van der Waals surface area contributed by atoms with Crippen molar-refractivity contribution in [3.63, 3.8) is 0 Å². The fourth-order valence-electron chi connectivity index (χ4n) is 2.73. The third kappa shape index (κ3) is 3.45. The van der Waals surface area contributed by atoms with Gasteiger partial charge in [-0.05, 0) is 42.8 Å². The van der Waals surface area contributed by atoms with E-state index in [1.54, 1.807) is 18.6 Å². The van der Waals surface area contributed by atoms with Crippen LogP contribution in [0.25, 0.3) is 22.5 Å². The highest BCUT2D eigenvalue weighted by atomic mass is 15.3. The molecule has 0 spiro atoms. The van der Waals surface area contributed by atoms with Gasteiger partial charge in [0.25, 0.3) is 0 Å². The second-order valence-electron chi connectivity index (χ2n) is 5.82. The zero-order valence-electron chi connectivity index (χ0n) is 13.9. The minimum absolute atomic E-state index is 0.729. The van der Waals surface area contributed by atoms with Crippen LogP contribution in [0.1, 0.15) is 11.4 Å². The number of nitrogens with zero attached hydrogens (tertiary/aromatic N) is 5. The van der Waals surface area contributed by atoms with Crippen molar-refractivity contribution < 1.29 is 0 Å². The summed E-state index contributed by atoms with van der Waals surface area (Å²) in [4.78, 5) is 12.7. The van der Waals surface area contributed by atoms with E-state index in [0.717, 1.165) is 34.9 Å². The highest BCUT2D eigenvalue weighted by Crippen LogP contribution is 2.24. The lowest BCUT2D eigenvalue weighted by molar-refractivity contribution is 0.688. The summed E-state index contributed by atoms with van der Waals surface area (Å²) >= 11 is 0. The predicted octanol–water partition coefficient (Wildman–Crippen LogP) is 3.76. The standard InChI is InChI=1S/C20H17N5/c1-15-22-11-7-19(23-15)17-3-2-4-18(13-17)20-8-12-25(24-20)14-16-5-9-21-10-6-16/h2-13H,14H2,1H3. The Balaban J connectivity index is 1.61. The molecule has 0 amide bonds. The third-order valence-electron chi connectivity index (χ3n) is 3.96. The first-order chi connectivity index (χ1) is 12.3. The Morgan fingerprint density at radius 2 is 1.68 bits per heavy atom. The number of aromatic nitrogens is 5. The zero-order valence-corrected chi connectivity index (χ0v) is 13.9. The van der Waals surface area contributed by atoms with Gasteiger partial charge < -0.3 is 0 Å². The molecule has 25 heavy (non-hydrogen) atoms. The molecule has 0 aliphatic heterocycles. The summed E-state index contributed by atoms with van der Waals surface area (Å²) in [6.45, 7) is 2.63. The number of hydrogen-bond donors (Lipinski definition) is 0. The minimum Gasteiger partial charge on any atom is -0.268 e. The molecule has 122 valence electrons. The summed E-state index contributed by atoms with van der Waals surface area (Å²) in [6.07, 6.45) is 7.38. The Morgan fingerprint density at radius 1 is 0.880 bits per heavy atom. The molecule has 0 aliphatic rings. The Labute approximate surface area is 146 Å². The van der Waals surface area contributed by atoms with Gasteiger partial charge in [-0.2, -0.15) is 5.10 Å². The molecule has 0 saturated heterocycles. The Kier molecular flexibility index (Phi) is 4.04. The van der Waals surface area contributed by atoms with E-state index in [1.165, 1.54) is 5.56 Å². The van der Waals surface area contributed by atoms with Crippen LogP contribution in [0.4, 0.5) is 0 Å². The first-order valence-electron chi connectivity index (χ1n) is 8.11. The van der Waals surface area contributed by atoms with Gasteiger partial charge in [0.1, 0.15) is 5.82 Å². The molecule has 0 unspecified atom stereocenters. The third-order valence-corrected chi connectivity index (χ3v) is 3.96. The maximum absolute atomic E-state index is 4.69. The fourth-order valence-corrected chi connectivity index (χ4v) is 2.73. The maximum atomic E-state index is 4.69. The molecule has 3 heterocycles. The maximum Gasteiger partial charge on any atom is 0.125 e. The van der Waals surface area contributed by atoms with Gasteiger partial charge in [0, 0.05) is 35.9 Å². The lowest BCUT2D eigenvalue weighted by Gasteiger charge is -2.04. The van der Waals surface area contributed by atoms with Crippen molar-refractivity contribution in [1.82, 2.24) is 24.7 Å². The van der Waals surface area contributed by atoms with E-state index in [-0.39, 0.29) is 0 Å². The van der Waals surface area contributed by atoms with E-state index in [9.17, 15) is 0 Å². The number of pyridine rings is 1. The second kappa shape index (κ2) is 6.65. The van der Waals surface area contributed by atoms with Crippen molar-refractivity contribution in [2.45, 2.75) is 13.5 Å². The van der Waals surface area contributed by atoms with E-state index in [0.29, 0.717) is 0 Å². The highest BCUT2D eigenvalue weighted by Gasteiger charge is 2.06. The van der Waals surface area contributed by atoms with Crippen molar-refractivity contribution in [3.8, 4) is 22.5 Å². The molecule has 1 aromatic carbocycles. The van der Waals surface area contributed by atoms with Crippen LogP contribution in [0, 0.1) is 6.92 Å². The molecule has 0 atom stereocenters. The largest absolute Gasteiger partial charge is 0.268 e. The van der Waals surface area contributed by atoms with E-state index in [1.807, 2.05) is 48.1 Å². The molecule has 5 heteroatoms. The van der Waals surface area contributed by atoms with Gasteiger partial charge in [0.2, 0.25) is 0 Å². The molecule has 5 nitrogen and oxygen atoms in total. The van der Waals surface area contributed by atoms with Crippen LogP contribution < -0.4 is 0 Å². The van der Waals surface area contributed by atoms with Crippen LogP contribution >= 0.6 is 0 Å². The lowest BCUT2D eigenvalue weighted by Crippen LogP contribution is -2.00. The van der Waals surface area contributed by atoms with Gasteiger partial charge >= 0.3 is 0 Å². The molecule has 0 saturated carbocycles. The average molecular weight is 327 g/mol. The van der Waals surface area contributed by atoms with Crippen molar-refractivity contribution in [2.24, 2.45) is 0 Å². The Morgan fingerprint density at radius 3 is 2.48 bits per heavy atom. The number of aryl methyl sites for hydroxylation is 1. The van der Waals surface area contributed by atoms with Crippen LogP contribution in [-0.4, -0.2) is 24.7 Å².